The average molecular weight is 342 g/mol. The number of nitrogens with one attached hydrogen (secondary N) is 1. The molecule has 2 N–H and O–H groups in total. The minimum absolute atomic E-state index is 0.245. The summed E-state index contributed by atoms with van der Waals surface area (Å²) in [6.45, 7) is 0.571. The van der Waals surface area contributed by atoms with Gasteiger partial charge in [-0.25, -0.2) is 4.79 Å². The molecule has 1 heterocycles. The fraction of sp³-hybridized carbons (Fsp3) is 0.316. The fourth-order valence-corrected chi connectivity index (χ4v) is 2.87. The number of urea groups is 1. The zero-order valence-electron chi connectivity index (χ0n) is 14.3. The summed E-state index contributed by atoms with van der Waals surface area (Å²) < 4.78 is 10.6. The molecule has 6 nitrogen and oxygen atoms in total. The summed E-state index contributed by atoms with van der Waals surface area (Å²) in [5.41, 5.74) is 2.60. The lowest BCUT2D eigenvalue weighted by molar-refractivity contribution is 0.106. The number of ether oxygens (including phenoxy) is 2. The van der Waals surface area contributed by atoms with E-state index in [4.69, 9.17) is 9.47 Å². The summed E-state index contributed by atoms with van der Waals surface area (Å²) in [6.07, 6.45) is -0.673. The molecule has 25 heavy (non-hydrogen) atoms. The van der Waals surface area contributed by atoms with E-state index >= 15 is 0 Å². The van der Waals surface area contributed by atoms with Crippen LogP contribution in [0.3, 0.4) is 0 Å². The van der Waals surface area contributed by atoms with Crippen molar-refractivity contribution >= 4 is 11.7 Å². The number of carbonyl (C=O) groups excluding carboxylic acids is 1. The second-order valence-corrected chi connectivity index (χ2v) is 5.99. The number of hydrogen-bond donors (Lipinski definition) is 2. The minimum Gasteiger partial charge on any atom is -0.495 e. The number of carbonyl (C=O) groups is 1. The van der Waals surface area contributed by atoms with Gasteiger partial charge in [0.05, 0.1) is 38.2 Å². The maximum Gasteiger partial charge on any atom is 0.322 e. The first-order valence-corrected chi connectivity index (χ1v) is 8.13. The minimum atomic E-state index is -0.673. The lowest BCUT2D eigenvalue weighted by Gasteiger charge is -2.26. The summed E-state index contributed by atoms with van der Waals surface area (Å²) >= 11 is 0. The van der Waals surface area contributed by atoms with Gasteiger partial charge in [-0.15, -0.1) is 0 Å². The van der Waals surface area contributed by atoms with Crippen LogP contribution in [0.25, 0.3) is 11.1 Å². The molecule has 1 fully saturated rings. The Morgan fingerprint density at radius 1 is 1.20 bits per heavy atom. The highest BCUT2D eigenvalue weighted by Gasteiger charge is 2.32. The van der Waals surface area contributed by atoms with E-state index in [2.05, 4.69) is 5.32 Å². The maximum atomic E-state index is 12.6. The number of benzene rings is 2. The molecule has 0 spiro atoms. The summed E-state index contributed by atoms with van der Waals surface area (Å²) in [4.78, 5) is 14.0. The van der Waals surface area contributed by atoms with E-state index < -0.39 is 6.10 Å². The summed E-state index contributed by atoms with van der Waals surface area (Å²) in [5, 5.41) is 12.8. The van der Waals surface area contributed by atoms with Gasteiger partial charge in [-0.1, -0.05) is 36.4 Å². The number of aliphatic hydroxyl groups excluding tert-OH is 1. The highest BCUT2D eigenvalue weighted by atomic mass is 16.5. The number of hydrogen-bond acceptors (Lipinski definition) is 4. The van der Waals surface area contributed by atoms with Crippen molar-refractivity contribution in [3.05, 3.63) is 48.5 Å². The third-order valence-electron chi connectivity index (χ3n) is 4.39. The van der Waals surface area contributed by atoms with Crippen LogP contribution in [0, 0.1) is 0 Å². The summed E-state index contributed by atoms with van der Waals surface area (Å²) in [7, 11) is 3.21. The van der Waals surface area contributed by atoms with Crippen LogP contribution in [0.2, 0.25) is 0 Å². The number of likely N-dealkylation sites (N-methyl/N-ethyl adjacent to an activating group) is 1. The largest absolute Gasteiger partial charge is 0.495 e. The quantitative estimate of drug-likeness (QED) is 0.896. The van der Waals surface area contributed by atoms with Crippen molar-refractivity contribution in [1.29, 1.82) is 0 Å². The van der Waals surface area contributed by atoms with E-state index in [9.17, 15) is 9.90 Å². The van der Waals surface area contributed by atoms with Gasteiger partial charge < -0.3 is 24.8 Å². The maximum absolute atomic E-state index is 12.6. The molecule has 0 radical (unpaired) electrons. The molecule has 0 aromatic heterocycles. The SMILES string of the molecule is COc1ccc(-c2ccccc2)cc1NC(=O)N(C)[C@@H]1COC[C@H]1O. The summed E-state index contributed by atoms with van der Waals surface area (Å²) in [5.74, 6) is 0.574. The molecule has 0 bridgehead atoms. The monoisotopic (exact) mass is 342 g/mol. The Morgan fingerprint density at radius 3 is 2.60 bits per heavy atom. The van der Waals surface area contributed by atoms with Gasteiger partial charge in [-0.05, 0) is 23.3 Å². The Bertz CT molecular complexity index is 735. The van der Waals surface area contributed by atoms with E-state index in [-0.39, 0.29) is 18.7 Å². The predicted octanol–water partition coefficient (Wildman–Crippen LogP) is 2.59. The van der Waals surface area contributed by atoms with E-state index in [1.54, 1.807) is 14.2 Å². The molecule has 2 amide bonds. The molecule has 6 heteroatoms. The van der Waals surface area contributed by atoms with Gasteiger partial charge in [0.2, 0.25) is 0 Å². The van der Waals surface area contributed by atoms with Crippen LogP contribution in [0.15, 0.2) is 48.5 Å². The predicted molar refractivity (Wildman–Crippen MR) is 95.8 cm³/mol. The molecular weight excluding hydrogens is 320 g/mol. The molecule has 0 saturated carbocycles. The number of nitrogens with zero attached hydrogens (tertiary/aromatic N) is 1. The normalized spacial score (nSPS) is 19.5. The van der Waals surface area contributed by atoms with Gasteiger partial charge in [-0.3, -0.25) is 0 Å². The van der Waals surface area contributed by atoms with Crippen molar-refractivity contribution in [1.82, 2.24) is 4.90 Å². The van der Waals surface area contributed by atoms with Crippen LogP contribution in [-0.2, 0) is 4.74 Å². The molecule has 132 valence electrons. The Hall–Kier alpha value is -2.57. The van der Waals surface area contributed by atoms with Crippen LogP contribution in [0.1, 0.15) is 0 Å². The second kappa shape index (κ2) is 7.55. The van der Waals surface area contributed by atoms with E-state index in [0.29, 0.717) is 18.0 Å². The van der Waals surface area contributed by atoms with E-state index in [1.807, 2.05) is 48.5 Å². The van der Waals surface area contributed by atoms with Gasteiger partial charge in [0.15, 0.2) is 0 Å². The standard InChI is InChI=1S/C19H22N2O4/c1-21(16-11-25-12-17(16)22)19(23)20-15-10-14(8-9-18(15)24-2)13-6-4-3-5-7-13/h3-10,16-17,22H,11-12H2,1-2H3,(H,20,23)/t16-,17-/m1/s1. The van der Waals surface area contributed by atoms with Gasteiger partial charge in [0.1, 0.15) is 5.75 Å². The van der Waals surface area contributed by atoms with Crippen molar-refractivity contribution in [2.75, 3.05) is 32.7 Å². The number of rotatable bonds is 4. The smallest absolute Gasteiger partial charge is 0.322 e. The molecule has 1 saturated heterocycles. The van der Waals surface area contributed by atoms with Gasteiger partial charge >= 0.3 is 6.03 Å². The van der Waals surface area contributed by atoms with Crippen LogP contribution < -0.4 is 10.1 Å². The molecule has 1 aliphatic rings. The van der Waals surface area contributed by atoms with Gasteiger partial charge in [-0.2, -0.15) is 0 Å². The molecule has 2 aromatic carbocycles. The van der Waals surface area contributed by atoms with E-state index in [0.717, 1.165) is 11.1 Å². The molecule has 1 aliphatic heterocycles. The van der Waals surface area contributed by atoms with Crippen molar-refractivity contribution in [3.8, 4) is 16.9 Å². The first-order valence-electron chi connectivity index (χ1n) is 8.13. The lowest BCUT2D eigenvalue weighted by Crippen LogP contribution is -2.45. The Balaban J connectivity index is 1.82. The third kappa shape index (κ3) is 3.75. The number of amides is 2. The van der Waals surface area contributed by atoms with Gasteiger partial charge in [0, 0.05) is 7.05 Å². The average Bonchev–Trinajstić information content (AvgIpc) is 3.07. The number of methoxy groups -OCH3 is 1. The molecular formula is C19H22N2O4. The second-order valence-electron chi connectivity index (χ2n) is 5.99. The first kappa shape index (κ1) is 17.3. The molecule has 0 aliphatic carbocycles. The zero-order valence-corrected chi connectivity index (χ0v) is 14.3. The summed E-state index contributed by atoms with van der Waals surface area (Å²) in [6, 6.07) is 14.9. The Kier molecular flexibility index (Phi) is 5.21. The highest BCUT2D eigenvalue weighted by Crippen LogP contribution is 2.31. The van der Waals surface area contributed by atoms with Crippen LogP contribution in [0.5, 0.6) is 5.75 Å². The topological polar surface area (TPSA) is 71.0 Å². The van der Waals surface area contributed by atoms with Crippen molar-refractivity contribution < 1.29 is 19.4 Å². The van der Waals surface area contributed by atoms with Crippen LogP contribution in [0.4, 0.5) is 10.5 Å². The third-order valence-corrected chi connectivity index (χ3v) is 4.39. The fourth-order valence-electron chi connectivity index (χ4n) is 2.87. The van der Waals surface area contributed by atoms with E-state index in [1.165, 1.54) is 4.90 Å². The van der Waals surface area contributed by atoms with Crippen LogP contribution >= 0.6 is 0 Å². The number of aliphatic hydroxyl groups is 1. The molecule has 3 rings (SSSR count). The Morgan fingerprint density at radius 2 is 1.96 bits per heavy atom. The number of anilines is 1. The van der Waals surface area contributed by atoms with Gasteiger partial charge in [0.25, 0.3) is 0 Å². The first-order chi connectivity index (χ1) is 12.1. The molecule has 2 atom stereocenters. The van der Waals surface area contributed by atoms with Crippen molar-refractivity contribution in [2.45, 2.75) is 12.1 Å². The molecule has 0 unspecified atom stereocenters. The highest BCUT2D eigenvalue weighted by molar-refractivity contribution is 5.92. The zero-order chi connectivity index (χ0) is 17.8. The Labute approximate surface area is 147 Å². The van der Waals surface area contributed by atoms with Crippen molar-refractivity contribution in [2.24, 2.45) is 0 Å². The van der Waals surface area contributed by atoms with Crippen LogP contribution in [-0.4, -0.2) is 55.6 Å². The van der Waals surface area contributed by atoms with Crippen molar-refractivity contribution in [3.63, 3.8) is 0 Å². The lowest BCUT2D eigenvalue weighted by atomic mass is 10.0. The molecule has 2 aromatic rings.